The molecule has 0 saturated carbocycles. The minimum atomic E-state index is 0. The van der Waals surface area contributed by atoms with Crippen molar-refractivity contribution in [1.82, 2.24) is 4.90 Å². The van der Waals surface area contributed by atoms with Gasteiger partial charge in [-0.2, -0.15) is 0 Å². The summed E-state index contributed by atoms with van der Waals surface area (Å²) in [5.74, 6) is 1.64. The second kappa shape index (κ2) is 9.78. The number of likely N-dealkylation sites (tertiary alicyclic amines) is 1. The molecule has 1 aliphatic heterocycles. The molecular formula is C24H32ClNO2. The van der Waals surface area contributed by atoms with Crippen molar-refractivity contribution in [2.24, 2.45) is 0 Å². The summed E-state index contributed by atoms with van der Waals surface area (Å²) in [5.41, 5.74) is 5.66. The van der Waals surface area contributed by atoms with Crippen molar-refractivity contribution in [3.63, 3.8) is 0 Å². The Labute approximate surface area is 175 Å². The van der Waals surface area contributed by atoms with Crippen LogP contribution in [-0.2, 0) is 17.8 Å². The summed E-state index contributed by atoms with van der Waals surface area (Å²) in [7, 11) is 1.76. The van der Waals surface area contributed by atoms with Gasteiger partial charge >= 0.3 is 0 Å². The number of hydrogen-bond acceptors (Lipinski definition) is 3. The van der Waals surface area contributed by atoms with Crippen molar-refractivity contribution in [3.8, 4) is 5.75 Å². The molecule has 4 heteroatoms. The van der Waals surface area contributed by atoms with Crippen LogP contribution in [0.3, 0.4) is 0 Å². The number of piperidine rings is 1. The average molecular weight is 402 g/mol. The summed E-state index contributed by atoms with van der Waals surface area (Å²) in [6.07, 6.45) is 5.16. The summed E-state index contributed by atoms with van der Waals surface area (Å²) in [4.78, 5) is 2.63. The van der Waals surface area contributed by atoms with Crippen LogP contribution in [-0.4, -0.2) is 37.7 Å². The number of nitrogens with zero attached hydrogens (tertiary/aromatic N) is 1. The second-order valence-corrected chi connectivity index (χ2v) is 8.04. The summed E-state index contributed by atoms with van der Waals surface area (Å²) in [6.45, 7) is 6.37. The topological polar surface area (TPSA) is 21.7 Å². The lowest BCUT2D eigenvalue weighted by molar-refractivity contribution is -0.00358. The van der Waals surface area contributed by atoms with Crippen LogP contribution in [0.1, 0.15) is 47.4 Å². The van der Waals surface area contributed by atoms with Crippen LogP contribution in [0, 0.1) is 6.92 Å². The lowest BCUT2D eigenvalue weighted by atomic mass is 9.98. The molecule has 1 fully saturated rings. The van der Waals surface area contributed by atoms with E-state index in [-0.39, 0.29) is 12.4 Å². The number of ether oxygens (including phenoxy) is 2. The quantitative estimate of drug-likeness (QED) is 0.669. The first-order chi connectivity index (χ1) is 13.2. The molecule has 2 aromatic carbocycles. The molecule has 3 nitrogen and oxygen atoms in total. The van der Waals surface area contributed by atoms with E-state index in [0.717, 1.165) is 38.3 Å². The van der Waals surface area contributed by atoms with Gasteiger partial charge in [-0.15, -0.1) is 12.4 Å². The number of benzene rings is 2. The normalized spacial score (nSPS) is 19.9. The van der Waals surface area contributed by atoms with E-state index in [1.54, 1.807) is 7.11 Å². The maximum Gasteiger partial charge on any atom is 0.119 e. The van der Waals surface area contributed by atoms with Gasteiger partial charge in [-0.1, -0.05) is 30.3 Å². The Balaban J connectivity index is 0.00000225. The van der Waals surface area contributed by atoms with Crippen LogP contribution in [0.15, 0.2) is 42.5 Å². The molecule has 0 bridgehead atoms. The Hall–Kier alpha value is -1.55. The van der Waals surface area contributed by atoms with E-state index in [0.29, 0.717) is 12.0 Å². The molecule has 0 radical (unpaired) electrons. The van der Waals surface area contributed by atoms with Crippen molar-refractivity contribution in [1.29, 1.82) is 0 Å². The van der Waals surface area contributed by atoms with E-state index < -0.39 is 0 Å². The van der Waals surface area contributed by atoms with Crippen molar-refractivity contribution >= 4 is 12.4 Å². The number of methoxy groups -OCH3 is 1. The largest absolute Gasteiger partial charge is 0.497 e. The predicted molar refractivity (Wildman–Crippen MR) is 117 cm³/mol. The molecule has 1 atom stereocenters. The number of aryl methyl sites for hydroxylation is 2. The molecule has 1 saturated heterocycles. The standard InChI is InChI=1S/C24H31NO2.ClH/c1-18-5-3-4-6-21(18)17-27-22-11-13-25(14-12-22)16-20-8-7-19-9-10-23(26-2)15-24(19)20;/h3-6,9-10,15,20,22H,7-8,11-14,16-17H2,1-2H3;1H. The fourth-order valence-corrected chi connectivity index (χ4v) is 4.53. The Bertz CT molecular complexity index is 771. The lowest BCUT2D eigenvalue weighted by Crippen LogP contribution is -2.39. The van der Waals surface area contributed by atoms with E-state index in [9.17, 15) is 0 Å². The second-order valence-electron chi connectivity index (χ2n) is 8.04. The van der Waals surface area contributed by atoms with Gasteiger partial charge in [-0.3, -0.25) is 0 Å². The molecule has 1 heterocycles. The van der Waals surface area contributed by atoms with Gasteiger partial charge in [0.2, 0.25) is 0 Å². The van der Waals surface area contributed by atoms with Gasteiger partial charge in [-0.05, 0) is 72.9 Å². The van der Waals surface area contributed by atoms with E-state index in [1.165, 1.54) is 41.6 Å². The van der Waals surface area contributed by atoms with Crippen molar-refractivity contribution in [2.75, 3.05) is 26.7 Å². The van der Waals surface area contributed by atoms with Crippen LogP contribution < -0.4 is 4.74 Å². The highest BCUT2D eigenvalue weighted by Gasteiger charge is 2.27. The number of hydrogen-bond donors (Lipinski definition) is 0. The highest BCUT2D eigenvalue weighted by molar-refractivity contribution is 5.85. The molecule has 0 spiro atoms. The summed E-state index contributed by atoms with van der Waals surface area (Å²) < 4.78 is 11.6. The van der Waals surface area contributed by atoms with Gasteiger partial charge in [0.1, 0.15) is 5.75 Å². The molecule has 4 rings (SSSR count). The van der Waals surface area contributed by atoms with Gasteiger partial charge in [0.15, 0.2) is 0 Å². The minimum Gasteiger partial charge on any atom is -0.497 e. The predicted octanol–water partition coefficient (Wildman–Crippen LogP) is 5.14. The van der Waals surface area contributed by atoms with Crippen LogP contribution >= 0.6 is 12.4 Å². The summed E-state index contributed by atoms with van der Waals surface area (Å²) in [5, 5.41) is 0. The van der Waals surface area contributed by atoms with Gasteiger partial charge in [0, 0.05) is 19.6 Å². The van der Waals surface area contributed by atoms with Gasteiger partial charge in [-0.25, -0.2) is 0 Å². The van der Waals surface area contributed by atoms with E-state index in [4.69, 9.17) is 9.47 Å². The third-order valence-electron chi connectivity index (χ3n) is 6.30. The van der Waals surface area contributed by atoms with Crippen LogP contribution in [0.2, 0.25) is 0 Å². The van der Waals surface area contributed by atoms with Crippen molar-refractivity contribution in [3.05, 3.63) is 64.7 Å². The highest BCUT2D eigenvalue weighted by atomic mass is 35.5. The average Bonchev–Trinajstić information content (AvgIpc) is 3.10. The summed E-state index contributed by atoms with van der Waals surface area (Å²) >= 11 is 0. The first-order valence-electron chi connectivity index (χ1n) is 10.3. The molecule has 0 N–H and O–H groups in total. The first-order valence-corrected chi connectivity index (χ1v) is 10.3. The SMILES string of the molecule is COc1ccc2c(c1)C(CN1CCC(OCc3ccccc3C)CC1)CC2.Cl. The Kier molecular flexibility index (Phi) is 7.39. The molecule has 0 amide bonds. The third-order valence-corrected chi connectivity index (χ3v) is 6.30. The van der Waals surface area contributed by atoms with Gasteiger partial charge < -0.3 is 14.4 Å². The molecule has 2 aliphatic rings. The minimum absolute atomic E-state index is 0. The molecule has 1 aliphatic carbocycles. The molecule has 2 aromatic rings. The fourth-order valence-electron chi connectivity index (χ4n) is 4.53. The lowest BCUT2D eigenvalue weighted by Gasteiger charge is -2.33. The zero-order valence-electron chi connectivity index (χ0n) is 17.0. The Morgan fingerprint density at radius 1 is 1.04 bits per heavy atom. The summed E-state index contributed by atoms with van der Waals surface area (Å²) in [6, 6.07) is 15.1. The van der Waals surface area contributed by atoms with Crippen molar-refractivity contribution < 1.29 is 9.47 Å². The Morgan fingerprint density at radius 3 is 2.57 bits per heavy atom. The molecular weight excluding hydrogens is 370 g/mol. The first kappa shape index (κ1) is 21.2. The maximum absolute atomic E-state index is 6.21. The third kappa shape index (κ3) is 4.89. The number of rotatable bonds is 6. The van der Waals surface area contributed by atoms with E-state index in [1.807, 2.05) is 0 Å². The maximum atomic E-state index is 6.21. The van der Waals surface area contributed by atoms with E-state index >= 15 is 0 Å². The van der Waals surface area contributed by atoms with E-state index in [2.05, 4.69) is 54.3 Å². The number of fused-ring (bicyclic) bond motifs is 1. The highest BCUT2D eigenvalue weighted by Crippen LogP contribution is 2.36. The number of halogens is 1. The fraction of sp³-hybridized carbons (Fsp3) is 0.500. The molecule has 1 unspecified atom stereocenters. The van der Waals surface area contributed by atoms with Crippen LogP contribution in [0.4, 0.5) is 0 Å². The molecule has 152 valence electrons. The molecule has 0 aromatic heterocycles. The van der Waals surface area contributed by atoms with Crippen molar-refractivity contribution in [2.45, 2.75) is 51.2 Å². The molecule has 28 heavy (non-hydrogen) atoms. The Morgan fingerprint density at radius 2 is 1.82 bits per heavy atom. The zero-order valence-corrected chi connectivity index (χ0v) is 17.8. The van der Waals surface area contributed by atoms with Crippen LogP contribution in [0.5, 0.6) is 5.75 Å². The zero-order chi connectivity index (χ0) is 18.6. The van der Waals surface area contributed by atoms with Crippen LogP contribution in [0.25, 0.3) is 0 Å². The smallest absolute Gasteiger partial charge is 0.119 e. The van der Waals surface area contributed by atoms with Gasteiger partial charge in [0.05, 0.1) is 19.8 Å². The monoisotopic (exact) mass is 401 g/mol. The van der Waals surface area contributed by atoms with Gasteiger partial charge in [0.25, 0.3) is 0 Å².